The maximum absolute atomic E-state index is 12.2. The predicted octanol–water partition coefficient (Wildman–Crippen LogP) is 5.03. The van der Waals surface area contributed by atoms with Crippen LogP contribution in [0, 0.1) is 6.92 Å². The third kappa shape index (κ3) is 4.29. The van der Waals surface area contributed by atoms with Crippen LogP contribution in [0.3, 0.4) is 0 Å². The Morgan fingerprint density at radius 1 is 1.05 bits per heavy atom. The van der Waals surface area contributed by atoms with E-state index in [1.54, 1.807) is 12.1 Å². The van der Waals surface area contributed by atoms with E-state index in [9.17, 15) is 13.2 Å². The zero-order valence-corrected chi connectivity index (χ0v) is 12.5. The fourth-order valence-electron chi connectivity index (χ4n) is 1.61. The van der Waals surface area contributed by atoms with E-state index in [4.69, 9.17) is 10.5 Å². The summed E-state index contributed by atoms with van der Waals surface area (Å²) < 4.78 is 46.1. The molecule has 0 heterocycles. The fraction of sp³-hybridized carbons (Fsp3) is 0.143. The number of ether oxygens (including phenoxy) is 2. The molecule has 0 fully saturated rings. The van der Waals surface area contributed by atoms with Crippen molar-refractivity contribution in [3.05, 3.63) is 46.4 Å². The summed E-state index contributed by atoms with van der Waals surface area (Å²) in [5.74, 6) is 0.437. The van der Waals surface area contributed by atoms with Crippen LogP contribution in [-0.2, 0) is 0 Å². The molecule has 0 saturated heterocycles. The molecule has 2 rings (SSSR count). The summed E-state index contributed by atoms with van der Waals surface area (Å²) >= 11 is 3.01. The molecule has 0 amide bonds. The van der Waals surface area contributed by atoms with Crippen LogP contribution < -0.4 is 15.2 Å². The van der Waals surface area contributed by atoms with Crippen molar-refractivity contribution in [3.8, 4) is 17.2 Å². The molecule has 0 spiro atoms. The monoisotopic (exact) mass is 361 g/mol. The van der Waals surface area contributed by atoms with Gasteiger partial charge in [-0.15, -0.1) is 13.2 Å². The molecule has 0 radical (unpaired) electrons. The summed E-state index contributed by atoms with van der Waals surface area (Å²) in [6, 6.07) is 9.18. The van der Waals surface area contributed by atoms with Crippen molar-refractivity contribution in [2.45, 2.75) is 13.3 Å². The quantitative estimate of drug-likeness (QED) is 0.779. The molecule has 0 unspecified atom stereocenters. The standard InChI is InChI=1S/C14H11BrF3NO2/c1-8-2-4-11(19)13(6-8)20-9-3-5-12(10(15)7-9)21-14(16,17)18/h2-7H,19H2,1H3. The van der Waals surface area contributed by atoms with Gasteiger partial charge in [0.15, 0.2) is 5.75 Å². The van der Waals surface area contributed by atoms with E-state index < -0.39 is 6.36 Å². The van der Waals surface area contributed by atoms with Crippen molar-refractivity contribution in [1.82, 2.24) is 0 Å². The lowest BCUT2D eigenvalue weighted by molar-refractivity contribution is -0.274. The minimum atomic E-state index is -4.74. The van der Waals surface area contributed by atoms with Crippen molar-refractivity contribution in [2.75, 3.05) is 5.73 Å². The van der Waals surface area contributed by atoms with Crippen LogP contribution in [0.15, 0.2) is 40.9 Å². The van der Waals surface area contributed by atoms with Crippen molar-refractivity contribution in [3.63, 3.8) is 0 Å². The summed E-state index contributed by atoms with van der Waals surface area (Å²) in [6.07, 6.45) is -4.74. The maximum Gasteiger partial charge on any atom is 0.573 e. The molecule has 0 bridgehead atoms. The molecule has 2 aromatic rings. The van der Waals surface area contributed by atoms with Crippen molar-refractivity contribution in [2.24, 2.45) is 0 Å². The Hall–Kier alpha value is -1.89. The number of benzene rings is 2. The Balaban J connectivity index is 2.22. The number of aryl methyl sites for hydroxylation is 1. The molecule has 0 aliphatic carbocycles. The van der Waals surface area contributed by atoms with Crippen LogP contribution in [0.4, 0.5) is 18.9 Å². The van der Waals surface area contributed by atoms with E-state index in [0.717, 1.165) is 5.56 Å². The van der Waals surface area contributed by atoms with Gasteiger partial charge in [0, 0.05) is 0 Å². The van der Waals surface area contributed by atoms with Gasteiger partial charge in [-0.25, -0.2) is 0 Å². The first kappa shape index (κ1) is 15.5. The summed E-state index contributed by atoms with van der Waals surface area (Å²) in [4.78, 5) is 0. The van der Waals surface area contributed by atoms with E-state index in [0.29, 0.717) is 17.2 Å². The second kappa shape index (κ2) is 5.85. The summed E-state index contributed by atoms with van der Waals surface area (Å²) in [6.45, 7) is 1.88. The molecule has 112 valence electrons. The fourth-order valence-corrected chi connectivity index (χ4v) is 2.05. The topological polar surface area (TPSA) is 44.5 Å². The number of halogens is 4. The zero-order chi connectivity index (χ0) is 15.6. The molecule has 2 aromatic carbocycles. The predicted molar refractivity (Wildman–Crippen MR) is 76.5 cm³/mol. The second-order valence-electron chi connectivity index (χ2n) is 4.28. The van der Waals surface area contributed by atoms with E-state index in [1.165, 1.54) is 18.2 Å². The van der Waals surface area contributed by atoms with Crippen molar-refractivity contribution >= 4 is 21.6 Å². The average Bonchev–Trinajstić information content (AvgIpc) is 2.36. The number of nitrogens with two attached hydrogens (primary N) is 1. The Labute approximate surface area is 127 Å². The molecule has 0 atom stereocenters. The van der Waals surface area contributed by atoms with Gasteiger partial charge in [0.25, 0.3) is 0 Å². The van der Waals surface area contributed by atoms with Gasteiger partial charge < -0.3 is 15.2 Å². The van der Waals surface area contributed by atoms with Gasteiger partial charge in [-0.3, -0.25) is 0 Å². The van der Waals surface area contributed by atoms with E-state index >= 15 is 0 Å². The van der Waals surface area contributed by atoms with Gasteiger partial charge in [-0.2, -0.15) is 0 Å². The molecule has 0 aromatic heterocycles. The van der Waals surface area contributed by atoms with Crippen LogP contribution >= 0.6 is 15.9 Å². The lowest BCUT2D eigenvalue weighted by Gasteiger charge is -2.13. The van der Waals surface area contributed by atoms with Gasteiger partial charge in [0.05, 0.1) is 10.2 Å². The van der Waals surface area contributed by atoms with Crippen LogP contribution in [0.2, 0.25) is 0 Å². The number of rotatable bonds is 3. The number of alkyl halides is 3. The van der Waals surface area contributed by atoms with Gasteiger partial charge in [-0.1, -0.05) is 6.07 Å². The number of hydrogen-bond acceptors (Lipinski definition) is 3. The third-order valence-electron chi connectivity index (χ3n) is 2.53. The van der Waals surface area contributed by atoms with Crippen LogP contribution in [0.25, 0.3) is 0 Å². The first-order valence-electron chi connectivity index (χ1n) is 5.84. The molecular weight excluding hydrogens is 351 g/mol. The highest BCUT2D eigenvalue weighted by molar-refractivity contribution is 9.10. The van der Waals surface area contributed by atoms with Gasteiger partial charge in [0.2, 0.25) is 0 Å². The molecule has 0 aliphatic rings. The van der Waals surface area contributed by atoms with E-state index in [2.05, 4.69) is 20.7 Å². The van der Waals surface area contributed by atoms with Gasteiger partial charge >= 0.3 is 6.36 Å². The normalized spacial score (nSPS) is 11.3. The van der Waals surface area contributed by atoms with E-state index in [-0.39, 0.29) is 10.2 Å². The molecule has 21 heavy (non-hydrogen) atoms. The number of nitrogen functional groups attached to an aromatic ring is 1. The minimum Gasteiger partial charge on any atom is -0.455 e. The highest BCUT2D eigenvalue weighted by Crippen LogP contribution is 2.35. The average molecular weight is 362 g/mol. The summed E-state index contributed by atoms with van der Waals surface area (Å²) in [7, 11) is 0. The first-order chi connectivity index (χ1) is 9.74. The molecule has 3 nitrogen and oxygen atoms in total. The Morgan fingerprint density at radius 3 is 2.38 bits per heavy atom. The van der Waals surface area contributed by atoms with Crippen molar-refractivity contribution in [1.29, 1.82) is 0 Å². The van der Waals surface area contributed by atoms with Crippen LogP contribution in [-0.4, -0.2) is 6.36 Å². The zero-order valence-electron chi connectivity index (χ0n) is 10.9. The smallest absolute Gasteiger partial charge is 0.455 e. The summed E-state index contributed by atoms with van der Waals surface area (Å²) in [5.41, 5.74) is 7.17. The number of hydrogen-bond donors (Lipinski definition) is 1. The highest BCUT2D eigenvalue weighted by Gasteiger charge is 2.32. The Kier molecular flexibility index (Phi) is 4.32. The largest absolute Gasteiger partial charge is 0.573 e. The molecule has 7 heteroatoms. The molecule has 0 saturated carbocycles. The lowest BCUT2D eigenvalue weighted by Crippen LogP contribution is -2.17. The SMILES string of the molecule is Cc1ccc(N)c(Oc2ccc(OC(F)(F)F)c(Br)c2)c1. The first-order valence-corrected chi connectivity index (χ1v) is 6.63. The summed E-state index contributed by atoms with van der Waals surface area (Å²) in [5, 5.41) is 0. The number of anilines is 1. The van der Waals surface area contributed by atoms with Crippen LogP contribution in [0.1, 0.15) is 5.56 Å². The second-order valence-corrected chi connectivity index (χ2v) is 5.14. The van der Waals surface area contributed by atoms with Gasteiger partial charge in [0.1, 0.15) is 11.5 Å². The van der Waals surface area contributed by atoms with E-state index in [1.807, 2.05) is 13.0 Å². The Bertz CT molecular complexity index is 659. The lowest BCUT2D eigenvalue weighted by atomic mass is 10.2. The Morgan fingerprint density at radius 2 is 1.76 bits per heavy atom. The van der Waals surface area contributed by atoms with Gasteiger partial charge in [-0.05, 0) is 58.7 Å². The molecule has 0 aliphatic heterocycles. The minimum absolute atomic E-state index is 0.128. The molecule has 2 N–H and O–H groups in total. The third-order valence-corrected chi connectivity index (χ3v) is 3.15. The van der Waals surface area contributed by atoms with Crippen molar-refractivity contribution < 1.29 is 22.6 Å². The molecular formula is C14H11BrF3NO2. The highest BCUT2D eigenvalue weighted by atomic mass is 79.9. The van der Waals surface area contributed by atoms with Crippen LogP contribution in [0.5, 0.6) is 17.2 Å². The maximum atomic E-state index is 12.2.